The van der Waals surface area contributed by atoms with Crippen molar-refractivity contribution >= 4 is 5.57 Å². The Bertz CT molecular complexity index is 928. The van der Waals surface area contributed by atoms with E-state index in [0.717, 1.165) is 34.0 Å². The quantitative estimate of drug-likeness (QED) is 0.680. The molecule has 4 heteroatoms. The number of aromatic amines is 1. The molecule has 0 saturated carbocycles. The molecule has 1 aromatic heterocycles. The van der Waals surface area contributed by atoms with E-state index in [-0.39, 0.29) is 0 Å². The zero-order valence-electron chi connectivity index (χ0n) is 13.5. The Kier molecular flexibility index (Phi) is 4.17. The molecule has 1 heterocycles. The largest absolute Gasteiger partial charge is 0.457 e. The van der Waals surface area contributed by atoms with Crippen molar-refractivity contribution in [1.82, 2.24) is 10.2 Å². The van der Waals surface area contributed by atoms with Gasteiger partial charge in [-0.1, -0.05) is 42.5 Å². The molecule has 3 nitrogen and oxygen atoms in total. The van der Waals surface area contributed by atoms with Gasteiger partial charge in [0, 0.05) is 12.0 Å². The SMILES string of the molecule is FC1C=CC(c2cc(-c3cccc(Oc4ccccc4)c3)[nH]n2)=CC1. The van der Waals surface area contributed by atoms with Crippen LogP contribution in [0.3, 0.4) is 0 Å². The molecule has 1 aliphatic carbocycles. The highest BCUT2D eigenvalue weighted by molar-refractivity contribution is 5.75. The van der Waals surface area contributed by atoms with Crippen molar-refractivity contribution in [3.05, 3.63) is 84.6 Å². The predicted molar refractivity (Wildman–Crippen MR) is 97.2 cm³/mol. The van der Waals surface area contributed by atoms with Gasteiger partial charge in [-0.25, -0.2) is 4.39 Å². The molecule has 2 aromatic carbocycles. The maximum Gasteiger partial charge on any atom is 0.128 e. The average molecular weight is 332 g/mol. The molecule has 0 aliphatic heterocycles. The second kappa shape index (κ2) is 6.77. The Labute approximate surface area is 145 Å². The van der Waals surface area contributed by atoms with E-state index >= 15 is 0 Å². The number of H-pyrrole nitrogens is 1. The third kappa shape index (κ3) is 3.53. The number of ether oxygens (including phenoxy) is 1. The van der Waals surface area contributed by atoms with E-state index in [1.807, 2.05) is 66.7 Å². The summed E-state index contributed by atoms with van der Waals surface area (Å²) in [7, 11) is 0. The average Bonchev–Trinajstić information content (AvgIpc) is 3.14. The van der Waals surface area contributed by atoms with Crippen molar-refractivity contribution < 1.29 is 9.13 Å². The third-order valence-corrected chi connectivity index (χ3v) is 4.05. The molecule has 0 fully saturated rings. The smallest absolute Gasteiger partial charge is 0.128 e. The number of allylic oxidation sites excluding steroid dienone is 4. The summed E-state index contributed by atoms with van der Waals surface area (Å²) in [6, 6.07) is 19.5. The first-order valence-corrected chi connectivity index (χ1v) is 8.19. The van der Waals surface area contributed by atoms with Gasteiger partial charge in [-0.3, -0.25) is 5.10 Å². The molecule has 0 spiro atoms. The number of benzene rings is 2. The van der Waals surface area contributed by atoms with Gasteiger partial charge in [-0.2, -0.15) is 5.10 Å². The summed E-state index contributed by atoms with van der Waals surface area (Å²) >= 11 is 0. The van der Waals surface area contributed by atoms with E-state index in [1.54, 1.807) is 12.2 Å². The van der Waals surface area contributed by atoms with Gasteiger partial charge in [-0.05, 0) is 42.0 Å². The van der Waals surface area contributed by atoms with Crippen molar-refractivity contribution in [2.24, 2.45) is 0 Å². The van der Waals surface area contributed by atoms with Gasteiger partial charge >= 0.3 is 0 Å². The first-order chi connectivity index (χ1) is 12.3. The summed E-state index contributed by atoms with van der Waals surface area (Å²) in [6.45, 7) is 0. The van der Waals surface area contributed by atoms with Crippen LogP contribution in [-0.4, -0.2) is 16.4 Å². The molecule has 124 valence electrons. The third-order valence-electron chi connectivity index (χ3n) is 4.05. The van der Waals surface area contributed by atoms with E-state index in [0.29, 0.717) is 6.42 Å². The minimum Gasteiger partial charge on any atom is -0.457 e. The summed E-state index contributed by atoms with van der Waals surface area (Å²) in [4.78, 5) is 0. The van der Waals surface area contributed by atoms with E-state index < -0.39 is 6.17 Å². The summed E-state index contributed by atoms with van der Waals surface area (Å²) in [5.41, 5.74) is 3.63. The first-order valence-electron chi connectivity index (χ1n) is 8.19. The summed E-state index contributed by atoms with van der Waals surface area (Å²) in [5.74, 6) is 1.56. The van der Waals surface area contributed by atoms with E-state index in [1.165, 1.54) is 0 Å². The van der Waals surface area contributed by atoms with Gasteiger partial charge in [0.25, 0.3) is 0 Å². The second-order valence-electron chi connectivity index (χ2n) is 5.88. The highest BCUT2D eigenvalue weighted by Gasteiger charge is 2.12. The van der Waals surface area contributed by atoms with E-state index in [2.05, 4.69) is 10.2 Å². The molecule has 0 amide bonds. The molecule has 1 N–H and O–H groups in total. The van der Waals surface area contributed by atoms with Crippen LogP contribution >= 0.6 is 0 Å². The van der Waals surface area contributed by atoms with Crippen LogP contribution in [0.5, 0.6) is 11.5 Å². The lowest BCUT2D eigenvalue weighted by Gasteiger charge is -2.07. The minimum atomic E-state index is -0.894. The number of para-hydroxylation sites is 1. The molecule has 1 unspecified atom stereocenters. The fraction of sp³-hybridized carbons (Fsp3) is 0.0952. The fourth-order valence-electron chi connectivity index (χ4n) is 2.75. The van der Waals surface area contributed by atoms with Crippen molar-refractivity contribution in [3.8, 4) is 22.8 Å². The maximum absolute atomic E-state index is 13.2. The normalized spacial score (nSPS) is 16.5. The Morgan fingerprint density at radius 3 is 2.64 bits per heavy atom. The van der Waals surface area contributed by atoms with Crippen molar-refractivity contribution in [1.29, 1.82) is 0 Å². The molecule has 1 atom stereocenters. The fourth-order valence-corrected chi connectivity index (χ4v) is 2.75. The highest BCUT2D eigenvalue weighted by atomic mass is 19.1. The van der Waals surface area contributed by atoms with Gasteiger partial charge in [0.1, 0.15) is 17.7 Å². The molecule has 0 bridgehead atoms. The molecule has 4 rings (SSSR count). The topological polar surface area (TPSA) is 37.9 Å². The van der Waals surface area contributed by atoms with E-state index in [9.17, 15) is 4.39 Å². The number of halogens is 1. The Hall–Kier alpha value is -3.14. The van der Waals surface area contributed by atoms with Crippen LogP contribution in [-0.2, 0) is 0 Å². The van der Waals surface area contributed by atoms with Crippen LogP contribution < -0.4 is 4.74 Å². The van der Waals surface area contributed by atoms with Crippen molar-refractivity contribution in [2.75, 3.05) is 0 Å². The Morgan fingerprint density at radius 2 is 1.84 bits per heavy atom. The molecule has 25 heavy (non-hydrogen) atoms. The molecule has 3 aromatic rings. The molecule has 1 aliphatic rings. The molecule has 0 saturated heterocycles. The number of alkyl halides is 1. The van der Waals surface area contributed by atoms with Crippen LogP contribution in [0.2, 0.25) is 0 Å². The highest BCUT2D eigenvalue weighted by Crippen LogP contribution is 2.29. The van der Waals surface area contributed by atoms with Crippen LogP contribution in [0, 0.1) is 0 Å². The van der Waals surface area contributed by atoms with Crippen LogP contribution in [0.1, 0.15) is 12.1 Å². The van der Waals surface area contributed by atoms with Crippen LogP contribution in [0.4, 0.5) is 4.39 Å². The summed E-state index contributed by atoms with van der Waals surface area (Å²) < 4.78 is 19.1. The lowest BCUT2D eigenvalue weighted by molar-refractivity contribution is 0.402. The Balaban J connectivity index is 1.57. The van der Waals surface area contributed by atoms with E-state index in [4.69, 9.17) is 4.74 Å². The predicted octanol–water partition coefficient (Wildman–Crippen LogP) is 5.55. The lowest BCUT2D eigenvalue weighted by atomic mass is 10.0. The standard InChI is InChI=1S/C21H17FN2O/c22-17-11-9-15(10-12-17)20-14-21(24-23-20)16-5-4-8-19(13-16)25-18-6-2-1-3-7-18/h1-11,13-14,17H,12H2,(H,23,24). The van der Waals surface area contributed by atoms with Gasteiger partial charge in [0.15, 0.2) is 0 Å². The minimum absolute atomic E-state index is 0.397. The summed E-state index contributed by atoms with van der Waals surface area (Å²) in [5, 5.41) is 7.39. The Morgan fingerprint density at radius 1 is 1.00 bits per heavy atom. The zero-order valence-corrected chi connectivity index (χ0v) is 13.5. The van der Waals surface area contributed by atoms with Gasteiger partial charge in [0.2, 0.25) is 0 Å². The van der Waals surface area contributed by atoms with Gasteiger partial charge in [-0.15, -0.1) is 0 Å². The molecule has 0 radical (unpaired) electrons. The number of nitrogens with zero attached hydrogens (tertiary/aromatic N) is 1. The summed E-state index contributed by atoms with van der Waals surface area (Å²) in [6.07, 6.45) is 4.73. The maximum atomic E-state index is 13.2. The number of hydrogen-bond donors (Lipinski definition) is 1. The first kappa shape index (κ1) is 15.4. The lowest BCUT2D eigenvalue weighted by Crippen LogP contribution is -1.98. The number of rotatable bonds is 4. The molecular formula is C21H17FN2O. The van der Waals surface area contributed by atoms with Crippen molar-refractivity contribution in [3.63, 3.8) is 0 Å². The van der Waals surface area contributed by atoms with Crippen LogP contribution in [0.25, 0.3) is 16.8 Å². The van der Waals surface area contributed by atoms with Gasteiger partial charge < -0.3 is 4.74 Å². The zero-order chi connectivity index (χ0) is 17.1. The monoisotopic (exact) mass is 332 g/mol. The molecular weight excluding hydrogens is 315 g/mol. The van der Waals surface area contributed by atoms with Crippen LogP contribution in [0.15, 0.2) is 78.9 Å². The van der Waals surface area contributed by atoms with Gasteiger partial charge in [0.05, 0.1) is 11.4 Å². The number of hydrogen-bond acceptors (Lipinski definition) is 2. The number of nitrogens with one attached hydrogen (secondary N) is 1. The second-order valence-corrected chi connectivity index (χ2v) is 5.88. The number of aromatic nitrogens is 2. The van der Waals surface area contributed by atoms with Crippen molar-refractivity contribution in [2.45, 2.75) is 12.6 Å².